The molecule has 0 aliphatic rings. The fourth-order valence-electron chi connectivity index (χ4n) is 2.66. The second kappa shape index (κ2) is 7.18. The summed E-state index contributed by atoms with van der Waals surface area (Å²) in [5.41, 5.74) is 2.33. The van der Waals surface area contributed by atoms with Crippen LogP contribution in [-0.4, -0.2) is 29.7 Å². The van der Waals surface area contributed by atoms with Crippen molar-refractivity contribution in [3.63, 3.8) is 0 Å². The van der Waals surface area contributed by atoms with Crippen LogP contribution in [0.2, 0.25) is 0 Å². The predicted molar refractivity (Wildman–Crippen MR) is 98.6 cm³/mol. The molecule has 0 bridgehead atoms. The van der Waals surface area contributed by atoms with Gasteiger partial charge in [-0.3, -0.25) is 9.36 Å². The van der Waals surface area contributed by atoms with Gasteiger partial charge in [0.05, 0.1) is 19.9 Å². The van der Waals surface area contributed by atoms with E-state index in [1.165, 1.54) is 11.7 Å². The Morgan fingerprint density at radius 1 is 1.04 bits per heavy atom. The summed E-state index contributed by atoms with van der Waals surface area (Å²) in [6.07, 6.45) is 1.64. The molecule has 26 heavy (non-hydrogen) atoms. The summed E-state index contributed by atoms with van der Waals surface area (Å²) in [6, 6.07) is 11.9. The zero-order valence-electron chi connectivity index (χ0n) is 14.7. The lowest BCUT2D eigenvalue weighted by Crippen LogP contribution is -2.16. The summed E-state index contributed by atoms with van der Waals surface area (Å²) in [6.45, 7) is 1.83. The summed E-state index contributed by atoms with van der Waals surface area (Å²) in [4.78, 5) is 26.9. The second-order valence-electron chi connectivity index (χ2n) is 5.64. The number of imidazole rings is 1. The first-order valence-corrected chi connectivity index (χ1v) is 7.94. The van der Waals surface area contributed by atoms with Gasteiger partial charge >= 0.3 is 5.69 Å². The smallest absolute Gasteiger partial charge is 0.330 e. The van der Waals surface area contributed by atoms with Gasteiger partial charge in [0.1, 0.15) is 0 Å². The first-order chi connectivity index (χ1) is 12.5. The van der Waals surface area contributed by atoms with Crippen molar-refractivity contribution in [1.82, 2.24) is 9.55 Å². The minimum atomic E-state index is -0.262. The number of rotatable bonds is 5. The number of aryl methyl sites for hydroxylation is 1. The molecule has 0 aliphatic heterocycles. The molecule has 0 unspecified atom stereocenters. The van der Waals surface area contributed by atoms with Gasteiger partial charge in [0.15, 0.2) is 11.5 Å². The Bertz CT molecular complexity index is 987. The molecule has 7 heteroatoms. The Labute approximate surface area is 150 Å². The lowest BCUT2D eigenvalue weighted by Gasteiger charge is -2.11. The van der Waals surface area contributed by atoms with Crippen molar-refractivity contribution >= 4 is 11.6 Å². The molecule has 1 amide bonds. The molecule has 0 saturated carbocycles. The van der Waals surface area contributed by atoms with Crippen molar-refractivity contribution < 1.29 is 14.3 Å². The van der Waals surface area contributed by atoms with Crippen LogP contribution in [-0.2, 0) is 0 Å². The highest BCUT2D eigenvalue weighted by molar-refractivity contribution is 6.04. The number of anilines is 1. The molecule has 7 nitrogen and oxygen atoms in total. The lowest BCUT2D eigenvalue weighted by molar-refractivity contribution is 0.102. The Kier molecular flexibility index (Phi) is 4.79. The molecule has 2 N–H and O–H groups in total. The number of hydrogen-bond donors (Lipinski definition) is 2. The van der Waals surface area contributed by atoms with Gasteiger partial charge in [0, 0.05) is 29.2 Å². The maximum absolute atomic E-state index is 12.4. The van der Waals surface area contributed by atoms with Crippen LogP contribution in [0.4, 0.5) is 5.69 Å². The standard InChI is InChI=1S/C19H19N3O4/c1-12-11-20-19(24)22(12)15-7-4-13(5-8-15)18(23)21-14-6-9-16(25-2)17(10-14)26-3/h4-11H,1-3H3,(H,20,24)(H,21,23). The van der Waals surface area contributed by atoms with E-state index in [1.54, 1.807) is 55.8 Å². The maximum Gasteiger partial charge on any atom is 0.330 e. The molecule has 3 rings (SSSR count). The van der Waals surface area contributed by atoms with Crippen LogP contribution in [0.15, 0.2) is 53.5 Å². The highest BCUT2D eigenvalue weighted by Gasteiger charge is 2.11. The van der Waals surface area contributed by atoms with Gasteiger partial charge in [-0.1, -0.05) is 0 Å². The number of hydrogen-bond acceptors (Lipinski definition) is 4. The normalized spacial score (nSPS) is 10.4. The first-order valence-electron chi connectivity index (χ1n) is 7.94. The Morgan fingerprint density at radius 2 is 1.73 bits per heavy atom. The van der Waals surface area contributed by atoms with Crippen LogP contribution < -0.4 is 20.5 Å². The van der Waals surface area contributed by atoms with E-state index in [-0.39, 0.29) is 11.6 Å². The van der Waals surface area contributed by atoms with Gasteiger partial charge in [-0.2, -0.15) is 0 Å². The number of amides is 1. The second-order valence-corrected chi connectivity index (χ2v) is 5.64. The number of carbonyl (C=O) groups excluding carboxylic acids is 1. The van der Waals surface area contributed by atoms with Crippen molar-refractivity contribution in [2.45, 2.75) is 6.92 Å². The van der Waals surface area contributed by atoms with Crippen molar-refractivity contribution in [2.24, 2.45) is 0 Å². The Hall–Kier alpha value is -3.48. The van der Waals surface area contributed by atoms with Gasteiger partial charge in [0.2, 0.25) is 0 Å². The molecular weight excluding hydrogens is 334 g/mol. The summed E-state index contributed by atoms with van der Waals surface area (Å²) in [5, 5.41) is 2.81. The van der Waals surface area contributed by atoms with Gasteiger partial charge in [0.25, 0.3) is 5.91 Å². The summed E-state index contributed by atoms with van der Waals surface area (Å²) >= 11 is 0. The summed E-state index contributed by atoms with van der Waals surface area (Å²) in [7, 11) is 3.09. The average Bonchev–Trinajstić information content (AvgIpc) is 3.00. The summed E-state index contributed by atoms with van der Waals surface area (Å²) < 4.78 is 12.0. The van der Waals surface area contributed by atoms with Gasteiger partial charge in [-0.25, -0.2) is 4.79 Å². The zero-order chi connectivity index (χ0) is 18.7. The van der Waals surface area contributed by atoms with Crippen LogP contribution in [0.3, 0.4) is 0 Å². The van der Waals surface area contributed by atoms with Crippen molar-refractivity contribution in [1.29, 1.82) is 0 Å². The number of nitrogens with zero attached hydrogens (tertiary/aromatic N) is 1. The highest BCUT2D eigenvalue weighted by Crippen LogP contribution is 2.29. The molecule has 134 valence electrons. The fourth-order valence-corrected chi connectivity index (χ4v) is 2.66. The number of carbonyl (C=O) groups is 1. The zero-order valence-corrected chi connectivity index (χ0v) is 14.7. The van der Waals surface area contributed by atoms with Crippen molar-refractivity contribution in [3.05, 3.63) is 70.4 Å². The van der Waals surface area contributed by atoms with E-state index in [4.69, 9.17) is 9.47 Å². The summed E-state index contributed by atoms with van der Waals surface area (Å²) in [5.74, 6) is 0.854. The number of aromatic amines is 1. The molecule has 0 saturated heterocycles. The molecule has 0 atom stereocenters. The fraction of sp³-hybridized carbons (Fsp3) is 0.158. The number of nitrogens with one attached hydrogen (secondary N) is 2. The van der Waals surface area contributed by atoms with Crippen LogP contribution in [0, 0.1) is 6.92 Å². The van der Waals surface area contributed by atoms with Crippen molar-refractivity contribution in [3.8, 4) is 17.2 Å². The average molecular weight is 353 g/mol. The third-order valence-electron chi connectivity index (χ3n) is 3.99. The quantitative estimate of drug-likeness (QED) is 0.739. The number of ether oxygens (including phenoxy) is 2. The van der Waals surface area contributed by atoms with Gasteiger partial charge in [-0.15, -0.1) is 0 Å². The molecule has 1 heterocycles. The maximum atomic E-state index is 12.4. The molecule has 3 aromatic rings. The largest absolute Gasteiger partial charge is 0.493 e. The minimum absolute atomic E-state index is 0.218. The highest BCUT2D eigenvalue weighted by atomic mass is 16.5. The minimum Gasteiger partial charge on any atom is -0.493 e. The number of H-pyrrole nitrogens is 1. The van der Waals surface area contributed by atoms with Crippen LogP contribution >= 0.6 is 0 Å². The number of methoxy groups -OCH3 is 2. The third kappa shape index (κ3) is 3.32. The van der Waals surface area contributed by atoms with Gasteiger partial charge in [-0.05, 0) is 43.3 Å². The Morgan fingerprint density at radius 3 is 2.31 bits per heavy atom. The van der Waals surface area contributed by atoms with Crippen LogP contribution in [0.25, 0.3) is 5.69 Å². The third-order valence-corrected chi connectivity index (χ3v) is 3.99. The number of aromatic nitrogens is 2. The topological polar surface area (TPSA) is 85.4 Å². The molecule has 0 radical (unpaired) electrons. The van der Waals surface area contributed by atoms with E-state index in [9.17, 15) is 9.59 Å². The molecular formula is C19H19N3O4. The van der Waals surface area contributed by atoms with Crippen molar-refractivity contribution in [2.75, 3.05) is 19.5 Å². The van der Waals surface area contributed by atoms with E-state index >= 15 is 0 Å². The van der Waals surface area contributed by atoms with Crippen LogP contribution in [0.5, 0.6) is 11.5 Å². The molecule has 0 aliphatic carbocycles. The SMILES string of the molecule is COc1ccc(NC(=O)c2ccc(-n3c(C)c[nH]c3=O)cc2)cc1OC. The molecule has 0 fully saturated rings. The first kappa shape index (κ1) is 17.3. The van der Waals surface area contributed by atoms with E-state index in [0.717, 1.165) is 5.69 Å². The lowest BCUT2D eigenvalue weighted by atomic mass is 10.2. The molecule has 2 aromatic carbocycles. The van der Waals surface area contributed by atoms with E-state index in [2.05, 4.69) is 10.3 Å². The van der Waals surface area contributed by atoms with E-state index in [1.807, 2.05) is 6.92 Å². The number of benzene rings is 2. The molecule has 0 spiro atoms. The molecule has 1 aromatic heterocycles. The monoisotopic (exact) mass is 353 g/mol. The predicted octanol–water partition coefficient (Wildman–Crippen LogP) is 2.74. The van der Waals surface area contributed by atoms with Crippen LogP contribution in [0.1, 0.15) is 16.1 Å². The van der Waals surface area contributed by atoms with Gasteiger partial charge < -0.3 is 19.8 Å². The van der Waals surface area contributed by atoms with E-state index < -0.39 is 0 Å². The Balaban J connectivity index is 1.80. The van der Waals surface area contributed by atoms with E-state index in [0.29, 0.717) is 28.4 Å².